The zero-order chi connectivity index (χ0) is 13.0. The van der Waals surface area contributed by atoms with Gasteiger partial charge in [0.25, 0.3) is 0 Å². The highest BCUT2D eigenvalue weighted by atomic mass is 79.9. The van der Waals surface area contributed by atoms with Crippen LogP contribution in [-0.4, -0.2) is 9.55 Å². The van der Waals surface area contributed by atoms with Crippen molar-refractivity contribution in [3.05, 3.63) is 53.1 Å². The van der Waals surface area contributed by atoms with Gasteiger partial charge in [0.05, 0.1) is 11.2 Å². The third kappa shape index (κ3) is 1.51. The van der Waals surface area contributed by atoms with Gasteiger partial charge in [0.2, 0.25) is 0 Å². The Labute approximate surface area is 119 Å². The second-order valence-corrected chi connectivity index (χ2v) is 5.71. The summed E-state index contributed by atoms with van der Waals surface area (Å²) in [4.78, 5) is 4.79. The molecule has 0 spiro atoms. The van der Waals surface area contributed by atoms with Crippen LogP contribution in [0.3, 0.4) is 0 Å². The number of rotatable bonds is 0. The van der Waals surface area contributed by atoms with Crippen molar-refractivity contribution in [3.8, 4) is 11.3 Å². The number of hydrogen-bond donors (Lipinski definition) is 0. The van der Waals surface area contributed by atoms with Crippen molar-refractivity contribution in [1.82, 2.24) is 9.55 Å². The maximum Gasteiger partial charge on any atom is 0.0824 e. The number of fused-ring (bicyclic) bond motifs is 5. The van der Waals surface area contributed by atoms with E-state index in [9.17, 15) is 0 Å². The molecule has 0 atom stereocenters. The van der Waals surface area contributed by atoms with Crippen LogP contribution in [0.25, 0.3) is 33.1 Å². The standard InChI is InChI=1S/C16H11BrN2/c1-19-9-13-11-4-2-3-5-14(11)18-16(13)12-8-10(17)6-7-15(12)19/h2-9H,1H3. The van der Waals surface area contributed by atoms with Gasteiger partial charge in [0.15, 0.2) is 0 Å². The number of para-hydroxylation sites is 1. The lowest BCUT2D eigenvalue weighted by atomic mass is 10.1. The van der Waals surface area contributed by atoms with E-state index in [2.05, 4.69) is 70.1 Å². The van der Waals surface area contributed by atoms with Crippen LogP contribution in [0.15, 0.2) is 53.1 Å². The number of aryl methyl sites for hydroxylation is 1. The highest BCUT2D eigenvalue weighted by Gasteiger charge is 2.16. The van der Waals surface area contributed by atoms with E-state index in [1.165, 1.54) is 21.9 Å². The van der Waals surface area contributed by atoms with Crippen LogP contribution in [0.1, 0.15) is 0 Å². The van der Waals surface area contributed by atoms with Crippen LogP contribution in [0, 0.1) is 0 Å². The lowest BCUT2D eigenvalue weighted by Gasteiger charge is -2.10. The molecule has 0 N–H and O–H groups in total. The molecule has 0 unspecified atom stereocenters. The lowest BCUT2D eigenvalue weighted by Crippen LogP contribution is -1.95. The van der Waals surface area contributed by atoms with Gasteiger partial charge in [0, 0.05) is 39.6 Å². The third-order valence-electron chi connectivity index (χ3n) is 3.60. The smallest absolute Gasteiger partial charge is 0.0824 e. The first-order valence-corrected chi connectivity index (χ1v) is 6.96. The Morgan fingerprint density at radius 1 is 1.05 bits per heavy atom. The van der Waals surface area contributed by atoms with E-state index < -0.39 is 0 Å². The zero-order valence-corrected chi connectivity index (χ0v) is 12.0. The molecule has 0 saturated carbocycles. The number of pyridine rings is 1. The molecule has 2 nitrogen and oxygen atoms in total. The Bertz CT molecular complexity index is 892. The van der Waals surface area contributed by atoms with Crippen molar-refractivity contribution in [2.75, 3.05) is 0 Å². The van der Waals surface area contributed by atoms with Crippen LogP contribution >= 0.6 is 15.9 Å². The molecule has 0 radical (unpaired) electrons. The van der Waals surface area contributed by atoms with E-state index >= 15 is 0 Å². The molecule has 0 amide bonds. The number of aromatic nitrogens is 2. The van der Waals surface area contributed by atoms with Gasteiger partial charge < -0.3 is 4.57 Å². The molecule has 2 aliphatic heterocycles. The van der Waals surface area contributed by atoms with Crippen LogP contribution < -0.4 is 0 Å². The van der Waals surface area contributed by atoms with E-state index in [1.54, 1.807) is 0 Å². The predicted octanol–water partition coefficient (Wildman–Crippen LogP) is 4.59. The van der Waals surface area contributed by atoms with Crippen molar-refractivity contribution in [1.29, 1.82) is 0 Å². The highest BCUT2D eigenvalue weighted by molar-refractivity contribution is 9.10. The Morgan fingerprint density at radius 2 is 1.89 bits per heavy atom. The molecule has 3 heteroatoms. The average molecular weight is 311 g/mol. The number of nitrogens with zero attached hydrogens (tertiary/aromatic N) is 2. The quantitative estimate of drug-likeness (QED) is 0.464. The summed E-state index contributed by atoms with van der Waals surface area (Å²) < 4.78 is 3.25. The summed E-state index contributed by atoms with van der Waals surface area (Å²) in [6.45, 7) is 0. The summed E-state index contributed by atoms with van der Waals surface area (Å²) in [5, 5.41) is 2.40. The van der Waals surface area contributed by atoms with Gasteiger partial charge in [-0.05, 0) is 24.3 Å². The molecule has 0 bridgehead atoms. The van der Waals surface area contributed by atoms with E-state index in [-0.39, 0.29) is 0 Å². The zero-order valence-electron chi connectivity index (χ0n) is 10.4. The van der Waals surface area contributed by atoms with Crippen LogP contribution in [0.5, 0.6) is 0 Å². The predicted molar refractivity (Wildman–Crippen MR) is 82.5 cm³/mol. The molecule has 92 valence electrons. The van der Waals surface area contributed by atoms with Gasteiger partial charge in [-0.1, -0.05) is 34.1 Å². The first-order valence-electron chi connectivity index (χ1n) is 6.17. The molecule has 2 aromatic rings. The summed E-state index contributed by atoms with van der Waals surface area (Å²) in [5.41, 5.74) is 4.54. The molecular formula is C16H11BrN2. The second kappa shape index (κ2) is 3.81. The largest absolute Gasteiger partial charge is 0.350 e. The van der Waals surface area contributed by atoms with Gasteiger partial charge in [-0.25, -0.2) is 4.98 Å². The highest BCUT2D eigenvalue weighted by Crippen LogP contribution is 2.36. The molecule has 0 saturated heterocycles. The van der Waals surface area contributed by atoms with Gasteiger partial charge in [-0.3, -0.25) is 0 Å². The van der Waals surface area contributed by atoms with Crippen molar-refractivity contribution in [2.24, 2.45) is 7.05 Å². The molecule has 2 aromatic carbocycles. The molecular weight excluding hydrogens is 300 g/mol. The Hall–Kier alpha value is -1.87. The fourth-order valence-corrected chi connectivity index (χ4v) is 3.07. The van der Waals surface area contributed by atoms with E-state index in [4.69, 9.17) is 4.98 Å². The normalized spacial score (nSPS) is 11.7. The monoisotopic (exact) mass is 310 g/mol. The SMILES string of the molecule is Cn1cc2c3ccccc3nc-2c2cc(Br)ccc21. The molecule has 4 rings (SSSR count). The van der Waals surface area contributed by atoms with Gasteiger partial charge in [0.1, 0.15) is 0 Å². The topological polar surface area (TPSA) is 17.8 Å². The van der Waals surface area contributed by atoms with E-state index in [1.807, 2.05) is 6.07 Å². The van der Waals surface area contributed by atoms with Crippen molar-refractivity contribution in [2.45, 2.75) is 0 Å². The Morgan fingerprint density at radius 3 is 2.79 bits per heavy atom. The van der Waals surface area contributed by atoms with Crippen LogP contribution in [0.2, 0.25) is 0 Å². The molecule has 0 aromatic heterocycles. The fourth-order valence-electron chi connectivity index (χ4n) is 2.71. The summed E-state index contributed by atoms with van der Waals surface area (Å²) in [7, 11) is 2.08. The molecule has 2 heterocycles. The number of hydrogen-bond acceptors (Lipinski definition) is 1. The van der Waals surface area contributed by atoms with Crippen molar-refractivity contribution >= 4 is 37.7 Å². The summed E-state index contributed by atoms with van der Waals surface area (Å²) in [5.74, 6) is 0. The van der Waals surface area contributed by atoms with Crippen molar-refractivity contribution < 1.29 is 0 Å². The summed E-state index contributed by atoms with van der Waals surface area (Å²) in [6.07, 6.45) is 2.17. The maximum absolute atomic E-state index is 4.79. The summed E-state index contributed by atoms with van der Waals surface area (Å²) >= 11 is 3.55. The minimum Gasteiger partial charge on any atom is -0.350 e. The van der Waals surface area contributed by atoms with Gasteiger partial charge >= 0.3 is 0 Å². The van der Waals surface area contributed by atoms with Gasteiger partial charge in [-0.2, -0.15) is 0 Å². The molecule has 0 fully saturated rings. The maximum atomic E-state index is 4.79. The van der Waals surface area contributed by atoms with Crippen LogP contribution in [0.4, 0.5) is 0 Å². The Kier molecular flexibility index (Phi) is 2.21. The van der Waals surface area contributed by atoms with Gasteiger partial charge in [-0.15, -0.1) is 0 Å². The lowest BCUT2D eigenvalue weighted by molar-refractivity contribution is 0.955. The summed E-state index contributed by atoms with van der Waals surface area (Å²) in [6, 6.07) is 14.6. The molecule has 2 aliphatic rings. The Balaban J connectivity index is 2.29. The minimum absolute atomic E-state index is 1.06. The van der Waals surface area contributed by atoms with Crippen LogP contribution in [-0.2, 0) is 7.05 Å². The first kappa shape index (κ1) is 11.0. The van der Waals surface area contributed by atoms with E-state index in [0.29, 0.717) is 0 Å². The van der Waals surface area contributed by atoms with Crippen molar-refractivity contribution in [3.63, 3.8) is 0 Å². The number of halogens is 1. The fraction of sp³-hybridized carbons (Fsp3) is 0.0625. The molecule has 19 heavy (non-hydrogen) atoms. The minimum atomic E-state index is 1.06. The second-order valence-electron chi connectivity index (χ2n) is 4.79. The third-order valence-corrected chi connectivity index (χ3v) is 4.09. The molecule has 0 aliphatic carbocycles. The average Bonchev–Trinajstić information content (AvgIpc) is 2.78. The first-order chi connectivity index (χ1) is 9.24. The number of benzene rings is 2. The van der Waals surface area contributed by atoms with E-state index in [0.717, 1.165) is 15.7 Å².